The van der Waals surface area contributed by atoms with Crippen molar-refractivity contribution in [3.63, 3.8) is 0 Å². The monoisotopic (exact) mass is 527 g/mol. The number of ether oxygens (including phenoxy) is 1. The zero-order valence-corrected chi connectivity index (χ0v) is 20.8. The number of halogens is 3. The van der Waals surface area contributed by atoms with Gasteiger partial charge in [-0.2, -0.15) is 13.2 Å². The van der Waals surface area contributed by atoms with E-state index in [0.29, 0.717) is 37.2 Å². The molecule has 10 heteroatoms. The van der Waals surface area contributed by atoms with Gasteiger partial charge < -0.3 is 19.9 Å². The lowest BCUT2D eigenvalue weighted by Gasteiger charge is -2.32. The molecular weight excluding hydrogens is 499 g/mol. The Morgan fingerprint density at radius 1 is 1.05 bits per heavy atom. The molecule has 1 aliphatic rings. The smallest absolute Gasteiger partial charge is 0.417 e. The van der Waals surface area contributed by atoms with Crippen LogP contribution in [-0.4, -0.2) is 47.9 Å². The topological polar surface area (TPSA) is 91.5 Å². The van der Waals surface area contributed by atoms with Crippen molar-refractivity contribution in [2.24, 2.45) is 0 Å². The van der Waals surface area contributed by atoms with Gasteiger partial charge in [0.25, 0.3) is 5.91 Å². The lowest BCUT2D eigenvalue weighted by molar-refractivity contribution is -0.137. The highest BCUT2D eigenvalue weighted by molar-refractivity contribution is 6.03. The van der Waals surface area contributed by atoms with E-state index in [9.17, 15) is 27.6 Å². The number of benzene rings is 2. The summed E-state index contributed by atoms with van der Waals surface area (Å²) in [7, 11) is 1.33. The van der Waals surface area contributed by atoms with E-state index in [1.807, 2.05) is 29.2 Å². The van der Waals surface area contributed by atoms with Gasteiger partial charge in [-0.15, -0.1) is 0 Å². The molecular formula is C28H28F3N3O4. The van der Waals surface area contributed by atoms with Gasteiger partial charge in [0.15, 0.2) is 0 Å². The number of aromatic amines is 1. The highest BCUT2D eigenvalue weighted by atomic mass is 19.4. The molecule has 1 aromatic heterocycles. The van der Waals surface area contributed by atoms with Gasteiger partial charge in [-0.25, -0.2) is 4.79 Å². The number of carbonyl (C=O) groups excluding carboxylic acids is 3. The first kappa shape index (κ1) is 27.0. The summed E-state index contributed by atoms with van der Waals surface area (Å²) in [5.74, 6) is -0.783. The van der Waals surface area contributed by atoms with Gasteiger partial charge in [-0.1, -0.05) is 30.3 Å². The van der Waals surface area contributed by atoms with Crippen molar-refractivity contribution in [2.45, 2.75) is 37.8 Å². The van der Waals surface area contributed by atoms with Crippen LogP contribution in [0, 0.1) is 0 Å². The molecule has 7 nitrogen and oxygen atoms in total. The SMILES string of the molecule is COC(=O)c1ccccc1CCC(=O)N1CCC(c2ccc(NC(=O)c3cc(C(F)(F)F)c[nH]3)cc2)CC1. The van der Waals surface area contributed by atoms with Gasteiger partial charge in [0, 0.05) is 31.4 Å². The number of nitrogens with zero attached hydrogens (tertiary/aromatic N) is 1. The van der Waals surface area contributed by atoms with Crippen LogP contribution in [0.3, 0.4) is 0 Å². The molecule has 0 spiro atoms. The molecule has 0 aliphatic carbocycles. The summed E-state index contributed by atoms with van der Waals surface area (Å²) in [6.07, 6.45) is -1.42. The minimum atomic E-state index is -4.52. The Hall–Kier alpha value is -4.08. The predicted octanol–water partition coefficient (Wildman–Crippen LogP) is 5.41. The highest BCUT2D eigenvalue weighted by Gasteiger charge is 2.32. The molecule has 0 unspecified atom stereocenters. The first-order valence-electron chi connectivity index (χ1n) is 12.3. The van der Waals surface area contributed by atoms with Crippen LogP contribution < -0.4 is 5.32 Å². The van der Waals surface area contributed by atoms with Gasteiger partial charge in [0.2, 0.25) is 5.91 Å². The van der Waals surface area contributed by atoms with Crippen LogP contribution in [0.25, 0.3) is 0 Å². The number of rotatable bonds is 7. The number of H-pyrrole nitrogens is 1. The lowest BCUT2D eigenvalue weighted by atomic mass is 9.89. The summed E-state index contributed by atoms with van der Waals surface area (Å²) < 4.78 is 43.1. The molecule has 4 rings (SSSR count). The summed E-state index contributed by atoms with van der Waals surface area (Å²) in [4.78, 5) is 41.2. The number of nitrogens with one attached hydrogen (secondary N) is 2. The average molecular weight is 528 g/mol. The molecule has 0 bridgehead atoms. The predicted molar refractivity (Wildman–Crippen MR) is 135 cm³/mol. The van der Waals surface area contributed by atoms with Crippen molar-refractivity contribution in [1.29, 1.82) is 0 Å². The maximum Gasteiger partial charge on any atom is 0.417 e. The van der Waals surface area contributed by atoms with Crippen LogP contribution in [0.2, 0.25) is 0 Å². The molecule has 2 aromatic carbocycles. The number of piperidine rings is 1. The maximum absolute atomic E-state index is 12.8. The quantitative estimate of drug-likeness (QED) is 0.402. The molecule has 1 fully saturated rings. The fraction of sp³-hybridized carbons (Fsp3) is 0.321. The van der Waals surface area contributed by atoms with E-state index in [0.717, 1.165) is 36.2 Å². The number of methoxy groups -OCH3 is 1. The van der Waals surface area contributed by atoms with Gasteiger partial charge in [-0.3, -0.25) is 9.59 Å². The Bertz CT molecular complexity index is 1290. The Morgan fingerprint density at radius 3 is 2.37 bits per heavy atom. The third kappa shape index (κ3) is 6.42. The van der Waals surface area contributed by atoms with Crippen molar-refractivity contribution in [3.8, 4) is 0 Å². The van der Waals surface area contributed by atoms with Crippen LogP contribution >= 0.6 is 0 Å². The van der Waals surface area contributed by atoms with E-state index < -0.39 is 23.6 Å². The second-order valence-electron chi connectivity index (χ2n) is 9.18. The molecule has 1 aliphatic heterocycles. The van der Waals surface area contributed by atoms with Crippen molar-refractivity contribution in [3.05, 3.63) is 88.7 Å². The third-order valence-electron chi connectivity index (χ3n) is 6.77. The minimum Gasteiger partial charge on any atom is -0.465 e. The summed E-state index contributed by atoms with van der Waals surface area (Å²) in [6.45, 7) is 1.24. The number of hydrogen-bond acceptors (Lipinski definition) is 4. The first-order valence-corrected chi connectivity index (χ1v) is 12.3. The molecule has 3 aromatic rings. The van der Waals surface area contributed by atoms with Gasteiger partial charge in [0.1, 0.15) is 5.69 Å². The molecule has 200 valence electrons. The zero-order chi connectivity index (χ0) is 27.3. The number of likely N-dealkylation sites (tertiary alicyclic amines) is 1. The number of aromatic nitrogens is 1. The summed E-state index contributed by atoms with van der Waals surface area (Å²) >= 11 is 0. The Balaban J connectivity index is 1.27. The second-order valence-corrected chi connectivity index (χ2v) is 9.18. The van der Waals surface area contributed by atoms with E-state index in [1.54, 1.807) is 24.3 Å². The van der Waals surface area contributed by atoms with Crippen LogP contribution in [0.4, 0.5) is 18.9 Å². The van der Waals surface area contributed by atoms with Crippen molar-refractivity contribution in [2.75, 3.05) is 25.5 Å². The van der Waals surface area contributed by atoms with Crippen LogP contribution in [0.1, 0.15) is 62.7 Å². The number of carbonyl (C=O) groups is 3. The van der Waals surface area contributed by atoms with Crippen molar-refractivity contribution >= 4 is 23.5 Å². The Labute approximate surface area is 218 Å². The van der Waals surface area contributed by atoms with Crippen LogP contribution in [0.15, 0.2) is 60.8 Å². The van der Waals surface area contributed by atoms with E-state index >= 15 is 0 Å². The maximum atomic E-state index is 12.8. The average Bonchev–Trinajstić information content (AvgIpc) is 3.44. The van der Waals surface area contributed by atoms with Crippen LogP contribution in [-0.2, 0) is 22.1 Å². The Morgan fingerprint density at radius 2 is 1.74 bits per heavy atom. The highest BCUT2D eigenvalue weighted by Crippen LogP contribution is 2.31. The van der Waals surface area contributed by atoms with Crippen LogP contribution in [0.5, 0.6) is 0 Å². The summed E-state index contributed by atoms with van der Waals surface area (Å²) in [5, 5.41) is 2.60. The molecule has 2 amide bonds. The van der Waals surface area contributed by atoms with Crippen molar-refractivity contribution in [1.82, 2.24) is 9.88 Å². The fourth-order valence-corrected chi connectivity index (χ4v) is 4.64. The zero-order valence-electron chi connectivity index (χ0n) is 20.8. The molecule has 0 saturated carbocycles. The lowest BCUT2D eigenvalue weighted by Crippen LogP contribution is -2.38. The van der Waals surface area contributed by atoms with Gasteiger partial charge >= 0.3 is 12.1 Å². The third-order valence-corrected chi connectivity index (χ3v) is 6.77. The number of hydrogen-bond donors (Lipinski definition) is 2. The molecule has 2 heterocycles. The molecule has 0 radical (unpaired) electrons. The summed E-state index contributed by atoms with van der Waals surface area (Å²) in [5.41, 5.74) is 1.72. The molecule has 2 N–H and O–H groups in total. The van der Waals surface area contributed by atoms with E-state index in [1.165, 1.54) is 7.11 Å². The number of anilines is 1. The van der Waals surface area contributed by atoms with E-state index in [4.69, 9.17) is 4.74 Å². The standard InChI is InChI=1S/C28H28F3N3O4/c1-38-27(37)23-5-3-2-4-20(23)8-11-25(35)34-14-12-19(13-15-34)18-6-9-22(10-7-18)33-26(36)24-16-21(17-32-24)28(29,30)31/h2-7,9-10,16-17,19,32H,8,11-15H2,1H3,(H,33,36). The minimum absolute atomic E-state index is 0.0409. The molecule has 1 saturated heterocycles. The first-order chi connectivity index (χ1) is 18.2. The molecule has 38 heavy (non-hydrogen) atoms. The number of amides is 2. The molecule has 0 atom stereocenters. The van der Waals surface area contributed by atoms with Gasteiger partial charge in [-0.05, 0) is 60.6 Å². The largest absolute Gasteiger partial charge is 0.465 e. The Kier molecular flexibility index (Phi) is 8.19. The fourth-order valence-electron chi connectivity index (χ4n) is 4.64. The number of aryl methyl sites for hydroxylation is 1. The summed E-state index contributed by atoms with van der Waals surface area (Å²) in [6, 6.07) is 15.1. The van der Waals surface area contributed by atoms with Gasteiger partial charge in [0.05, 0.1) is 18.2 Å². The van der Waals surface area contributed by atoms with E-state index in [-0.39, 0.29) is 17.5 Å². The van der Waals surface area contributed by atoms with E-state index in [2.05, 4.69) is 10.3 Å². The number of alkyl halides is 3. The normalized spacial score (nSPS) is 14.3. The van der Waals surface area contributed by atoms with Crippen molar-refractivity contribution < 1.29 is 32.3 Å². The number of esters is 1. The second kappa shape index (κ2) is 11.5.